The fraction of sp³-hybridized carbons (Fsp3) is 0.667. The van der Waals surface area contributed by atoms with Crippen LogP contribution in [0, 0.1) is 6.92 Å². The number of aromatic nitrogens is 2. The van der Waals surface area contributed by atoms with Crippen LogP contribution in [0.2, 0.25) is 0 Å². The van der Waals surface area contributed by atoms with Gasteiger partial charge >= 0.3 is 5.97 Å². The average molecular weight is 222 g/mol. The van der Waals surface area contributed by atoms with E-state index in [0.717, 1.165) is 31.5 Å². The zero-order chi connectivity index (χ0) is 11.7. The van der Waals surface area contributed by atoms with Crippen molar-refractivity contribution in [2.75, 3.05) is 0 Å². The second kappa shape index (κ2) is 4.28. The first-order chi connectivity index (χ1) is 7.63. The molecule has 0 saturated carbocycles. The molecule has 0 fully saturated rings. The van der Waals surface area contributed by atoms with Crippen molar-refractivity contribution in [2.45, 2.75) is 52.0 Å². The predicted octanol–water partition coefficient (Wildman–Crippen LogP) is 2.11. The summed E-state index contributed by atoms with van der Waals surface area (Å²) in [4.78, 5) is 10.8. The highest BCUT2D eigenvalue weighted by molar-refractivity contribution is 5.68. The minimum atomic E-state index is -0.707. The van der Waals surface area contributed by atoms with E-state index >= 15 is 0 Å². The van der Waals surface area contributed by atoms with E-state index in [1.807, 2.05) is 11.6 Å². The maximum Gasteiger partial charge on any atom is 0.303 e. The molecule has 1 aliphatic carbocycles. The molecule has 0 radical (unpaired) electrons. The van der Waals surface area contributed by atoms with Crippen molar-refractivity contribution in [2.24, 2.45) is 0 Å². The van der Waals surface area contributed by atoms with Gasteiger partial charge in [0.15, 0.2) is 0 Å². The number of nitrogens with zero attached hydrogens (tertiary/aromatic N) is 2. The molecule has 1 heterocycles. The van der Waals surface area contributed by atoms with Crippen molar-refractivity contribution in [3.8, 4) is 0 Å². The Bertz CT molecular complexity index is 409. The van der Waals surface area contributed by atoms with E-state index in [9.17, 15) is 4.79 Å². The molecular weight excluding hydrogens is 204 g/mol. The summed E-state index contributed by atoms with van der Waals surface area (Å²) in [6.45, 7) is 4.94. The van der Waals surface area contributed by atoms with E-state index in [1.165, 1.54) is 11.3 Å². The first-order valence-electron chi connectivity index (χ1n) is 5.91. The zero-order valence-electron chi connectivity index (χ0n) is 9.86. The molecule has 0 aliphatic heterocycles. The molecule has 88 valence electrons. The first kappa shape index (κ1) is 11.2. The topological polar surface area (TPSA) is 55.1 Å². The van der Waals surface area contributed by atoms with Crippen LogP contribution in [0.3, 0.4) is 0 Å². The highest BCUT2D eigenvalue weighted by Gasteiger charge is 2.27. The summed E-state index contributed by atoms with van der Waals surface area (Å²) in [7, 11) is 0. The van der Waals surface area contributed by atoms with E-state index in [1.54, 1.807) is 0 Å². The molecule has 4 nitrogen and oxygen atoms in total. The molecule has 0 aromatic carbocycles. The van der Waals surface area contributed by atoms with Gasteiger partial charge in [-0.2, -0.15) is 5.10 Å². The molecule has 16 heavy (non-hydrogen) atoms. The van der Waals surface area contributed by atoms with Gasteiger partial charge in [0.2, 0.25) is 0 Å². The van der Waals surface area contributed by atoms with Gasteiger partial charge in [-0.1, -0.05) is 0 Å². The second-order valence-electron chi connectivity index (χ2n) is 4.45. The number of hydrogen-bond acceptors (Lipinski definition) is 2. The number of carbonyl (C=O) groups is 1. The molecule has 0 bridgehead atoms. The molecule has 1 aliphatic rings. The van der Waals surface area contributed by atoms with Gasteiger partial charge in [-0.05, 0) is 44.6 Å². The molecule has 1 aromatic rings. The zero-order valence-corrected chi connectivity index (χ0v) is 9.86. The normalized spacial score (nSPS) is 19.5. The van der Waals surface area contributed by atoms with Crippen LogP contribution in [0.5, 0.6) is 0 Å². The lowest BCUT2D eigenvalue weighted by Gasteiger charge is -2.22. The minimum absolute atomic E-state index is 0.168. The summed E-state index contributed by atoms with van der Waals surface area (Å²) >= 11 is 0. The molecule has 4 heteroatoms. The molecule has 1 unspecified atom stereocenters. The summed E-state index contributed by atoms with van der Waals surface area (Å²) in [6.07, 6.45) is 3.34. The molecule has 1 atom stereocenters. The molecule has 0 spiro atoms. The Balaban J connectivity index is 2.37. The van der Waals surface area contributed by atoms with Gasteiger partial charge < -0.3 is 5.11 Å². The Labute approximate surface area is 95.3 Å². The summed E-state index contributed by atoms with van der Waals surface area (Å²) in [6, 6.07) is 0. The minimum Gasteiger partial charge on any atom is -0.481 e. The van der Waals surface area contributed by atoms with Gasteiger partial charge in [-0.25, -0.2) is 0 Å². The van der Waals surface area contributed by atoms with Crippen LogP contribution in [0.15, 0.2) is 0 Å². The largest absolute Gasteiger partial charge is 0.481 e. The van der Waals surface area contributed by atoms with Crippen molar-refractivity contribution in [3.63, 3.8) is 0 Å². The van der Waals surface area contributed by atoms with Gasteiger partial charge in [0, 0.05) is 12.2 Å². The number of aliphatic carboxylic acids is 1. The fourth-order valence-electron chi connectivity index (χ4n) is 2.77. The predicted molar refractivity (Wildman–Crippen MR) is 60.6 cm³/mol. The number of hydrogen-bond donors (Lipinski definition) is 1. The van der Waals surface area contributed by atoms with Crippen molar-refractivity contribution in [1.29, 1.82) is 0 Å². The Kier molecular flexibility index (Phi) is 2.99. The SMILES string of the molecule is CCn1nc(C)c2c1CCCC2CC(=O)O. The van der Waals surface area contributed by atoms with Crippen LogP contribution >= 0.6 is 0 Å². The third-order valence-electron chi connectivity index (χ3n) is 3.38. The molecule has 1 aromatic heterocycles. The third kappa shape index (κ3) is 1.84. The van der Waals surface area contributed by atoms with Crippen LogP contribution in [0.1, 0.15) is 49.1 Å². The van der Waals surface area contributed by atoms with Gasteiger partial charge in [0.25, 0.3) is 0 Å². The van der Waals surface area contributed by atoms with E-state index in [0.29, 0.717) is 0 Å². The molecule has 0 saturated heterocycles. The standard InChI is InChI=1S/C12H18N2O2/c1-3-14-10-6-4-5-9(7-11(15)16)12(10)8(2)13-14/h9H,3-7H2,1-2H3,(H,15,16). The molecule has 0 amide bonds. The number of carboxylic acids is 1. The van der Waals surface area contributed by atoms with Crippen molar-refractivity contribution < 1.29 is 9.90 Å². The quantitative estimate of drug-likeness (QED) is 0.852. The van der Waals surface area contributed by atoms with Crippen LogP contribution in [-0.4, -0.2) is 20.9 Å². The van der Waals surface area contributed by atoms with Crippen LogP contribution in [0.4, 0.5) is 0 Å². The van der Waals surface area contributed by atoms with Crippen molar-refractivity contribution >= 4 is 5.97 Å². The Morgan fingerprint density at radius 2 is 2.38 bits per heavy atom. The first-order valence-corrected chi connectivity index (χ1v) is 5.91. The van der Waals surface area contributed by atoms with Crippen LogP contribution < -0.4 is 0 Å². The number of fused-ring (bicyclic) bond motifs is 1. The summed E-state index contributed by atoms with van der Waals surface area (Å²) < 4.78 is 2.03. The van der Waals surface area contributed by atoms with E-state index < -0.39 is 5.97 Å². The highest BCUT2D eigenvalue weighted by atomic mass is 16.4. The Morgan fingerprint density at radius 1 is 1.62 bits per heavy atom. The van der Waals surface area contributed by atoms with Gasteiger partial charge in [0.1, 0.15) is 0 Å². The number of rotatable bonds is 3. The third-order valence-corrected chi connectivity index (χ3v) is 3.38. The van der Waals surface area contributed by atoms with E-state index in [4.69, 9.17) is 5.11 Å². The lowest BCUT2D eigenvalue weighted by atomic mass is 9.83. The summed E-state index contributed by atoms with van der Waals surface area (Å²) in [5.41, 5.74) is 3.48. The Morgan fingerprint density at radius 3 is 3.00 bits per heavy atom. The smallest absolute Gasteiger partial charge is 0.303 e. The van der Waals surface area contributed by atoms with Gasteiger partial charge in [0.05, 0.1) is 12.1 Å². The van der Waals surface area contributed by atoms with Gasteiger partial charge in [-0.3, -0.25) is 9.48 Å². The maximum absolute atomic E-state index is 10.8. The van der Waals surface area contributed by atoms with E-state index in [-0.39, 0.29) is 12.3 Å². The van der Waals surface area contributed by atoms with Crippen LogP contribution in [-0.2, 0) is 17.8 Å². The second-order valence-corrected chi connectivity index (χ2v) is 4.45. The monoisotopic (exact) mass is 222 g/mol. The number of aryl methyl sites for hydroxylation is 2. The molecular formula is C12H18N2O2. The molecule has 2 rings (SSSR count). The maximum atomic E-state index is 10.8. The fourth-order valence-corrected chi connectivity index (χ4v) is 2.77. The highest BCUT2D eigenvalue weighted by Crippen LogP contribution is 2.36. The van der Waals surface area contributed by atoms with Gasteiger partial charge in [-0.15, -0.1) is 0 Å². The lowest BCUT2D eigenvalue weighted by molar-refractivity contribution is -0.137. The van der Waals surface area contributed by atoms with Crippen LogP contribution in [0.25, 0.3) is 0 Å². The lowest BCUT2D eigenvalue weighted by Crippen LogP contribution is -2.15. The van der Waals surface area contributed by atoms with Crippen molar-refractivity contribution in [1.82, 2.24) is 9.78 Å². The molecule has 1 N–H and O–H groups in total. The Hall–Kier alpha value is -1.32. The number of carboxylic acid groups (broad SMARTS) is 1. The average Bonchev–Trinajstić information content (AvgIpc) is 2.56. The summed E-state index contributed by atoms with van der Waals surface area (Å²) in [5, 5.41) is 13.4. The van der Waals surface area contributed by atoms with Crippen molar-refractivity contribution in [3.05, 3.63) is 17.0 Å². The summed E-state index contributed by atoms with van der Waals surface area (Å²) in [5.74, 6) is -0.539. The van der Waals surface area contributed by atoms with E-state index in [2.05, 4.69) is 12.0 Å².